The van der Waals surface area contributed by atoms with Crippen LogP contribution in [0.15, 0.2) is 0 Å². The van der Waals surface area contributed by atoms with E-state index in [0.29, 0.717) is 13.2 Å². The average molecular weight is 424 g/mol. The maximum atomic E-state index is 12.0. The Bertz CT molecular complexity index is 375. The van der Waals surface area contributed by atoms with Gasteiger partial charge in [-0.3, -0.25) is 0 Å². The molecule has 0 aromatic rings. The summed E-state index contributed by atoms with van der Waals surface area (Å²) in [6, 6.07) is 0. The summed E-state index contributed by atoms with van der Waals surface area (Å²) in [6.07, 6.45) is 18.5. The lowest BCUT2D eigenvalue weighted by molar-refractivity contribution is -0.870. The third kappa shape index (κ3) is 22.6. The van der Waals surface area contributed by atoms with Crippen molar-refractivity contribution in [2.24, 2.45) is 0 Å². The summed E-state index contributed by atoms with van der Waals surface area (Å²) in [5.74, 6) is 0. The van der Waals surface area contributed by atoms with Crippen molar-refractivity contribution < 1.29 is 18.4 Å². The Morgan fingerprint density at radius 3 is 1.44 bits per heavy atom. The number of nitrogens with zero attached hydrogens (tertiary/aromatic N) is 1. The fourth-order valence-electron chi connectivity index (χ4n) is 2.94. The van der Waals surface area contributed by atoms with Gasteiger partial charge in [-0.25, -0.2) is 0 Å². The van der Waals surface area contributed by atoms with Crippen LogP contribution in [0.5, 0.6) is 0 Å². The molecule has 0 saturated carbocycles. The minimum absolute atomic E-state index is 0.378. The zero-order chi connectivity index (χ0) is 20.4. The van der Waals surface area contributed by atoms with Gasteiger partial charge in [-0.2, -0.15) is 0 Å². The maximum Gasteiger partial charge on any atom is 0.115 e. The molecule has 0 fully saturated rings. The fourth-order valence-corrected chi connectivity index (χ4v) is 4.12. The molecule has 0 spiro atoms. The molecular formula is C21H46NO3PS. The number of rotatable bonds is 20. The topological polar surface area (TPSA) is 41.5 Å². The van der Waals surface area contributed by atoms with Crippen LogP contribution in [0.1, 0.15) is 96.8 Å². The van der Waals surface area contributed by atoms with Crippen molar-refractivity contribution in [3.05, 3.63) is 0 Å². The van der Waals surface area contributed by atoms with Crippen molar-refractivity contribution in [1.29, 1.82) is 0 Å². The lowest BCUT2D eigenvalue weighted by atomic mass is 10.0. The van der Waals surface area contributed by atoms with Crippen LogP contribution in [0.3, 0.4) is 0 Å². The van der Waals surface area contributed by atoms with E-state index in [1.165, 1.54) is 77.0 Å². The molecule has 0 bridgehead atoms. The lowest BCUT2D eigenvalue weighted by Crippen LogP contribution is -2.37. The van der Waals surface area contributed by atoms with Gasteiger partial charge in [0, 0.05) is 0 Å². The fraction of sp³-hybridized carbons (Fsp3) is 1.00. The van der Waals surface area contributed by atoms with Crippen LogP contribution in [0, 0.1) is 0 Å². The lowest BCUT2D eigenvalue weighted by Gasteiger charge is -2.30. The van der Waals surface area contributed by atoms with E-state index in [0.717, 1.165) is 23.9 Å². The van der Waals surface area contributed by atoms with Gasteiger partial charge in [0.15, 0.2) is 0 Å². The van der Waals surface area contributed by atoms with Crippen LogP contribution in [0.2, 0.25) is 0 Å². The first-order chi connectivity index (χ1) is 12.8. The second-order valence-electron chi connectivity index (χ2n) is 8.72. The molecule has 0 aliphatic heterocycles. The maximum absolute atomic E-state index is 12.0. The zero-order valence-corrected chi connectivity index (χ0v) is 20.3. The van der Waals surface area contributed by atoms with E-state index in [1.54, 1.807) is 0 Å². The smallest absolute Gasteiger partial charge is 0.115 e. The third-order valence-corrected chi connectivity index (χ3v) is 6.39. The van der Waals surface area contributed by atoms with Crippen molar-refractivity contribution in [1.82, 2.24) is 0 Å². The Morgan fingerprint density at radius 1 is 0.667 bits per heavy atom. The molecule has 0 rings (SSSR count). The zero-order valence-electron chi connectivity index (χ0n) is 18.5. The Labute approximate surface area is 174 Å². The molecule has 0 aromatic heterocycles. The van der Waals surface area contributed by atoms with E-state index < -0.39 is 6.72 Å². The summed E-state index contributed by atoms with van der Waals surface area (Å²) in [5, 5.41) is 0. The molecule has 6 heteroatoms. The third-order valence-electron chi connectivity index (χ3n) is 4.76. The minimum atomic E-state index is -3.29. The van der Waals surface area contributed by atoms with E-state index in [-0.39, 0.29) is 0 Å². The van der Waals surface area contributed by atoms with E-state index in [1.807, 2.05) is 0 Å². The monoisotopic (exact) mass is 423 g/mol. The highest BCUT2D eigenvalue weighted by atomic mass is 32.5. The molecule has 0 aromatic carbocycles. The SMILES string of the molecule is CCCCCCCCCCCCCCCCOP([O-])(=S)OCC[N+](C)(C)C. The van der Waals surface area contributed by atoms with Gasteiger partial charge in [0.2, 0.25) is 0 Å². The van der Waals surface area contributed by atoms with E-state index in [4.69, 9.17) is 20.9 Å². The molecule has 0 radical (unpaired) electrons. The van der Waals surface area contributed by atoms with Crippen LogP contribution < -0.4 is 4.89 Å². The minimum Gasteiger partial charge on any atom is -0.780 e. The summed E-state index contributed by atoms with van der Waals surface area (Å²) < 4.78 is 11.3. The first kappa shape index (κ1) is 27.5. The van der Waals surface area contributed by atoms with Crippen molar-refractivity contribution in [3.8, 4) is 0 Å². The molecule has 0 aliphatic carbocycles. The molecule has 27 heavy (non-hydrogen) atoms. The van der Waals surface area contributed by atoms with Gasteiger partial charge in [-0.15, -0.1) is 0 Å². The number of hydrogen-bond acceptors (Lipinski definition) is 4. The predicted molar refractivity (Wildman–Crippen MR) is 119 cm³/mol. The van der Waals surface area contributed by atoms with Crippen LogP contribution in [0.4, 0.5) is 0 Å². The Balaban J connectivity index is 3.31. The molecular weight excluding hydrogens is 377 g/mol. The Hall–Kier alpha value is 0.490. The highest BCUT2D eigenvalue weighted by Gasteiger charge is 2.09. The summed E-state index contributed by atoms with van der Waals surface area (Å²) in [5.41, 5.74) is 0. The number of hydrogen-bond donors (Lipinski definition) is 0. The molecule has 1 atom stereocenters. The van der Waals surface area contributed by atoms with Crippen molar-refractivity contribution in [2.45, 2.75) is 96.8 Å². The van der Waals surface area contributed by atoms with Crippen LogP contribution >= 0.6 is 6.72 Å². The van der Waals surface area contributed by atoms with Gasteiger partial charge in [0.05, 0.1) is 27.7 Å². The number of likely N-dealkylation sites (N-methyl/N-ethyl adjacent to an activating group) is 1. The first-order valence-corrected chi connectivity index (χ1v) is 13.7. The van der Waals surface area contributed by atoms with Gasteiger partial charge >= 0.3 is 0 Å². The Kier molecular flexibility index (Phi) is 17.7. The van der Waals surface area contributed by atoms with E-state index in [2.05, 4.69) is 28.1 Å². The van der Waals surface area contributed by atoms with Gasteiger partial charge in [0.1, 0.15) is 19.9 Å². The number of unbranched alkanes of at least 4 members (excludes halogenated alkanes) is 13. The quantitative estimate of drug-likeness (QED) is 0.141. The van der Waals surface area contributed by atoms with Gasteiger partial charge in [-0.05, 0) is 6.42 Å². The van der Waals surface area contributed by atoms with Gasteiger partial charge in [-0.1, -0.05) is 102 Å². The number of quaternary nitrogens is 1. The standard InChI is InChI=1S/C21H46NO3PS/c1-5-6-7-8-9-10-11-12-13-14-15-16-17-18-20-24-26(23,27)25-21-19-22(2,3)4/h5-21H2,1-4H3. The summed E-state index contributed by atoms with van der Waals surface area (Å²) >= 11 is 4.94. The summed E-state index contributed by atoms with van der Waals surface area (Å²) in [6.45, 7) is 0.572. The summed E-state index contributed by atoms with van der Waals surface area (Å²) in [7, 11) is 6.19. The molecule has 0 saturated heterocycles. The first-order valence-electron chi connectivity index (χ1n) is 11.2. The van der Waals surface area contributed by atoms with Crippen LogP contribution in [-0.4, -0.2) is 45.4 Å². The molecule has 0 N–H and O–H groups in total. The van der Waals surface area contributed by atoms with Crippen molar-refractivity contribution >= 4 is 18.5 Å². The average Bonchev–Trinajstić information content (AvgIpc) is 2.57. The molecule has 4 nitrogen and oxygen atoms in total. The van der Waals surface area contributed by atoms with E-state index in [9.17, 15) is 4.89 Å². The van der Waals surface area contributed by atoms with Crippen LogP contribution in [0.25, 0.3) is 0 Å². The van der Waals surface area contributed by atoms with Gasteiger partial charge in [0.25, 0.3) is 0 Å². The highest BCUT2D eigenvalue weighted by molar-refractivity contribution is 8.06. The predicted octanol–water partition coefficient (Wildman–Crippen LogP) is 5.79. The normalized spacial score (nSPS) is 14.4. The molecule has 164 valence electrons. The molecule has 1 unspecified atom stereocenters. The van der Waals surface area contributed by atoms with Crippen LogP contribution in [-0.2, 0) is 20.9 Å². The largest absolute Gasteiger partial charge is 0.780 e. The second-order valence-corrected chi connectivity index (χ2v) is 11.5. The Morgan fingerprint density at radius 2 is 1.04 bits per heavy atom. The molecule has 0 aliphatic rings. The van der Waals surface area contributed by atoms with E-state index >= 15 is 0 Å². The molecule has 0 heterocycles. The summed E-state index contributed by atoms with van der Waals surface area (Å²) in [4.78, 5) is 12.0. The second kappa shape index (κ2) is 17.4. The molecule has 0 amide bonds. The van der Waals surface area contributed by atoms with Crippen molar-refractivity contribution in [2.75, 3.05) is 40.9 Å². The van der Waals surface area contributed by atoms with Gasteiger partial charge < -0.3 is 18.4 Å². The highest BCUT2D eigenvalue weighted by Crippen LogP contribution is 2.38. The van der Waals surface area contributed by atoms with Crippen molar-refractivity contribution in [3.63, 3.8) is 0 Å².